The van der Waals surface area contributed by atoms with Crippen molar-refractivity contribution in [3.05, 3.63) is 42.0 Å². The number of amides is 4. The number of para-hydroxylation sites is 1. The second-order valence-corrected chi connectivity index (χ2v) is 9.81. The molecule has 2 bridgehead atoms. The highest BCUT2D eigenvalue weighted by Gasteiger charge is 2.34. The van der Waals surface area contributed by atoms with Crippen molar-refractivity contribution in [2.24, 2.45) is 11.8 Å². The lowest BCUT2D eigenvalue weighted by Crippen LogP contribution is -2.50. The zero-order valence-corrected chi connectivity index (χ0v) is 21.4. The maximum absolute atomic E-state index is 13.3. The van der Waals surface area contributed by atoms with Crippen molar-refractivity contribution in [3.63, 3.8) is 0 Å². The standard InChI is InChI=1S/C27H36N4O6/c1-36-19-27(35)31-17-23-5-2-3-7-24(23)37-14-4-6-22-16-30(26(34)18-31)9-8-21(22)15-25(33)29-12-10-28(20-32)11-13-29/h2-7,20-22H,8-19H2,1H3/t21-,22-/m0/s1. The van der Waals surface area contributed by atoms with Crippen molar-refractivity contribution in [2.45, 2.75) is 19.4 Å². The van der Waals surface area contributed by atoms with Crippen LogP contribution >= 0.6 is 0 Å². The molecule has 3 aliphatic heterocycles. The number of carbonyl (C=O) groups excluding carboxylic acids is 4. The van der Waals surface area contributed by atoms with Crippen LogP contribution in [0.3, 0.4) is 0 Å². The molecular formula is C27H36N4O6. The summed E-state index contributed by atoms with van der Waals surface area (Å²) >= 11 is 0. The van der Waals surface area contributed by atoms with Gasteiger partial charge in [0.05, 0.1) is 0 Å². The number of fused-ring (bicyclic) bond motifs is 3. The second kappa shape index (κ2) is 12.7. The van der Waals surface area contributed by atoms with E-state index in [1.165, 1.54) is 12.0 Å². The van der Waals surface area contributed by atoms with E-state index < -0.39 is 0 Å². The summed E-state index contributed by atoms with van der Waals surface area (Å²) in [6, 6.07) is 7.51. The Morgan fingerprint density at radius 3 is 2.59 bits per heavy atom. The minimum Gasteiger partial charge on any atom is -0.489 e. The third kappa shape index (κ3) is 6.88. The Morgan fingerprint density at radius 2 is 1.84 bits per heavy atom. The van der Waals surface area contributed by atoms with Gasteiger partial charge < -0.3 is 29.1 Å². The van der Waals surface area contributed by atoms with Gasteiger partial charge in [-0.1, -0.05) is 30.4 Å². The van der Waals surface area contributed by atoms with Crippen LogP contribution in [0.25, 0.3) is 0 Å². The fourth-order valence-electron chi connectivity index (χ4n) is 5.22. The first-order valence-electron chi connectivity index (χ1n) is 12.9. The number of benzene rings is 1. The lowest BCUT2D eigenvalue weighted by Gasteiger charge is -2.39. The molecule has 0 spiro atoms. The third-order valence-electron chi connectivity index (χ3n) is 7.41. The van der Waals surface area contributed by atoms with Crippen molar-refractivity contribution in [2.75, 3.05) is 66.1 Å². The highest BCUT2D eigenvalue weighted by molar-refractivity contribution is 5.85. The third-order valence-corrected chi connectivity index (χ3v) is 7.41. The molecule has 200 valence electrons. The van der Waals surface area contributed by atoms with E-state index >= 15 is 0 Å². The van der Waals surface area contributed by atoms with Crippen LogP contribution in [-0.4, -0.2) is 110 Å². The molecule has 37 heavy (non-hydrogen) atoms. The predicted molar refractivity (Wildman–Crippen MR) is 135 cm³/mol. The van der Waals surface area contributed by atoms with Crippen molar-refractivity contribution in [3.8, 4) is 5.75 Å². The molecule has 1 aromatic rings. The number of hydrogen-bond acceptors (Lipinski definition) is 6. The summed E-state index contributed by atoms with van der Waals surface area (Å²) in [7, 11) is 1.46. The lowest BCUT2D eigenvalue weighted by atomic mass is 9.82. The maximum atomic E-state index is 13.3. The van der Waals surface area contributed by atoms with Crippen LogP contribution in [0.2, 0.25) is 0 Å². The quantitative estimate of drug-likeness (QED) is 0.427. The minimum atomic E-state index is -0.259. The molecule has 0 aromatic heterocycles. The highest BCUT2D eigenvalue weighted by Crippen LogP contribution is 2.30. The molecule has 10 nitrogen and oxygen atoms in total. The fraction of sp³-hybridized carbons (Fsp3) is 0.556. The largest absolute Gasteiger partial charge is 0.489 e. The molecule has 0 aliphatic carbocycles. The number of piperidine rings is 1. The van der Waals surface area contributed by atoms with Crippen molar-refractivity contribution >= 4 is 24.1 Å². The van der Waals surface area contributed by atoms with Gasteiger partial charge in [0.1, 0.15) is 25.5 Å². The molecule has 0 N–H and O–H groups in total. The van der Waals surface area contributed by atoms with Crippen molar-refractivity contribution in [1.29, 1.82) is 0 Å². The first-order valence-corrected chi connectivity index (χ1v) is 12.9. The van der Waals surface area contributed by atoms with E-state index in [1.807, 2.05) is 35.2 Å². The van der Waals surface area contributed by atoms with Gasteiger partial charge in [0.15, 0.2) is 0 Å². The number of piperazine rings is 1. The van der Waals surface area contributed by atoms with Gasteiger partial charge >= 0.3 is 0 Å². The Morgan fingerprint density at radius 1 is 1.05 bits per heavy atom. The van der Waals surface area contributed by atoms with E-state index in [-0.39, 0.29) is 49.3 Å². The predicted octanol–water partition coefficient (Wildman–Crippen LogP) is 0.766. The SMILES string of the molecule is COCC(=O)N1CC(=O)N2CC[C@@H](CC(=O)N3CCN(C=O)CC3)[C@@H](C=CCOc3ccccc3C1)C2. The molecule has 10 heteroatoms. The summed E-state index contributed by atoms with van der Waals surface area (Å²) in [5, 5.41) is 0. The highest BCUT2D eigenvalue weighted by atomic mass is 16.5. The Hall–Kier alpha value is -3.40. The summed E-state index contributed by atoms with van der Waals surface area (Å²) in [4.78, 5) is 57.0. The molecule has 0 unspecified atom stereocenters. The van der Waals surface area contributed by atoms with E-state index in [4.69, 9.17) is 9.47 Å². The second-order valence-electron chi connectivity index (χ2n) is 9.81. The Bertz CT molecular complexity index is 1010. The van der Waals surface area contributed by atoms with E-state index in [0.29, 0.717) is 64.5 Å². The molecule has 2 atom stereocenters. The molecule has 0 saturated carbocycles. The van der Waals surface area contributed by atoms with Gasteiger partial charge in [-0.2, -0.15) is 0 Å². The van der Waals surface area contributed by atoms with Gasteiger partial charge in [-0.05, 0) is 24.3 Å². The van der Waals surface area contributed by atoms with Crippen molar-refractivity contribution in [1.82, 2.24) is 19.6 Å². The minimum absolute atomic E-state index is 0.000590. The van der Waals surface area contributed by atoms with Gasteiger partial charge in [-0.15, -0.1) is 0 Å². The molecule has 3 heterocycles. The average molecular weight is 513 g/mol. The Kier molecular flexibility index (Phi) is 9.16. The molecule has 2 saturated heterocycles. The molecule has 2 fully saturated rings. The monoisotopic (exact) mass is 512 g/mol. The Balaban J connectivity index is 1.49. The fourth-order valence-corrected chi connectivity index (χ4v) is 5.22. The van der Waals surface area contributed by atoms with E-state index in [0.717, 1.165) is 12.0 Å². The molecule has 3 aliphatic rings. The molecule has 1 aromatic carbocycles. The number of carbonyl (C=O) groups is 4. The average Bonchev–Trinajstić information content (AvgIpc) is 2.92. The number of methoxy groups -OCH3 is 1. The van der Waals surface area contributed by atoms with Crippen LogP contribution in [0.15, 0.2) is 36.4 Å². The van der Waals surface area contributed by atoms with Crippen molar-refractivity contribution < 1.29 is 28.7 Å². The lowest BCUT2D eigenvalue weighted by molar-refractivity contribution is -0.144. The van der Waals surface area contributed by atoms with Crippen LogP contribution in [0.1, 0.15) is 18.4 Å². The van der Waals surface area contributed by atoms with Gasteiger partial charge in [0.25, 0.3) is 0 Å². The maximum Gasteiger partial charge on any atom is 0.249 e. The normalized spacial score (nSPS) is 22.8. The van der Waals surface area contributed by atoms with Crippen LogP contribution < -0.4 is 4.74 Å². The van der Waals surface area contributed by atoms with Gasteiger partial charge in [0.2, 0.25) is 24.1 Å². The van der Waals surface area contributed by atoms with E-state index in [1.54, 1.807) is 9.80 Å². The summed E-state index contributed by atoms with van der Waals surface area (Å²) < 4.78 is 11.1. The molecule has 4 rings (SSSR count). The topological polar surface area (TPSA) is 99.7 Å². The summed E-state index contributed by atoms with van der Waals surface area (Å²) in [6.45, 7) is 3.70. The molecule has 0 radical (unpaired) electrons. The molecular weight excluding hydrogens is 476 g/mol. The zero-order chi connectivity index (χ0) is 26.2. The Labute approximate surface area is 217 Å². The molecule has 4 amide bonds. The van der Waals surface area contributed by atoms with Crippen LogP contribution in [-0.2, 0) is 30.5 Å². The van der Waals surface area contributed by atoms with Crippen LogP contribution in [0.5, 0.6) is 5.75 Å². The van der Waals surface area contributed by atoms with E-state index in [9.17, 15) is 19.2 Å². The first-order chi connectivity index (χ1) is 18.0. The van der Waals surface area contributed by atoms with Gasteiger partial charge in [-0.25, -0.2) is 0 Å². The van der Waals surface area contributed by atoms with Gasteiger partial charge in [-0.3, -0.25) is 19.2 Å². The van der Waals surface area contributed by atoms with Crippen LogP contribution in [0.4, 0.5) is 0 Å². The smallest absolute Gasteiger partial charge is 0.249 e. The summed E-state index contributed by atoms with van der Waals surface area (Å²) in [5.74, 6) is 0.480. The number of hydrogen-bond donors (Lipinski definition) is 0. The number of rotatable bonds is 5. The summed E-state index contributed by atoms with van der Waals surface area (Å²) in [6.07, 6.45) is 5.96. The summed E-state index contributed by atoms with van der Waals surface area (Å²) in [5.41, 5.74) is 0.823. The first kappa shape index (κ1) is 26.7. The van der Waals surface area contributed by atoms with E-state index in [2.05, 4.69) is 6.08 Å². The number of ether oxygens (including phenoxy) is 2. The number of nitrogens with zero attached hydrogens (tertiary/aromatic N) is 4. The zero-order valence-electron chi connectivity index (χ0n) is 21.4. The van der Waals surface area contributed by atoms with Gasteiger partial charge in [0, 0.05) is 64.9 Å². The van der Waals surface area contributed by atoms with Crippen LogP contribution in [0, 0.1) is 11.8 Å².